The van der Waals surface area contributed by atoms with Gasteiger partial charge in [0.1, 0.15) is 21.7 Å². The van der Waals surface area contributed by atoms with Crippen molar-refractivity contribution in [3.05, 3.63) is 40.9 Å². The molecule has 1 saturated heterocycles. The van der Waals surface area contributed by atoms with E-state index >= 15 is 0 Å². The van der Waals surface area contributed by atoms with Gasteiger partial charge in [0.05, 0.1) is 13.4 Å². The maximum absolute atomic E-state index is 12.9. The molecule has 0 radical (unpaired) electrons. The van der Waals surface area contributed by atoms with Gasteiger partial charge in [-0.1, -0.05) is 6.42 Å². The first-order valence-corrected chi connectivity index (χ1v) is 9.64. The highest BCUT2D eigenvalue weighted by molar-refractivity contribution is 7.13. The topological polar surface area (TPSA) is 60.2 Å². The number of likely N-dealkylation sites (tertiary alicyclic amines) is 1. The van der Waals surface area contributed by atoms with Crippen molar-refractivity contribution in [3.8, 4) is 17.0 Å². The van der Waals surface area contributed by atoms with Crippen molar-refractivity contribution < 1.29 is 4.74 Å². The Labute approximate surface area is 156 Å². The monoisotopic (exact) mass is 370 g/mol. The molecule has 1 atom stereocenters. The lowest BCUT2D eigenvalue weighted by atomic mass is 10.0. The average Bonchev–Trinajstić information content (AvgIpc) is 3.10. The highest BCUT2D eigenvalue weighted by atomic mass is 32.1. The van der Waals surface area contributed by atoms with E-state index in [0.717, 1.165) is 30.0 Å². The quantitative estimate of drug-likeness (QED) is 0.706. The van der Waals surface area contributed by atoms with Crippen molar-refractivity contribution in [3.63, 3.8) is 0 Å². The van der Waals surface area contributed by atoms with Crippen molar-refractivity contribution >= 4 is 21.7 Å². The first-order valence-electron chi connectivity index (χ1n) is 8.87. The van der Waals surface area contributed by atoms with Gasteiger partial charge in [0.25, 0.3) is 5.56 Å². The Morgan fingerprint density at radius 1 is 1.27 bits per heavy atom. The second kappa shape index (κ2) is 7.17. The average molecular weight is 370 g/mol. The fourth-order valence-electron chi connectivity index (χ4n) is 3.53. The number of piperidine rings is 1. The van der Waals surface area contributed by atoms with Gasteiger partial charge in [0.15, 0.2) is 0 Å². The number of ether oxygens (including phenoxy) is 1. The predicted molar refractivity (Wildman–Crippen MR) is 104 cm³/mol. The van der Waals surface area contributed by atoms with Crippen LogP contribution in [0.5, 0.6) is 5.75 Å². The van der Waals surface area contributed by atoms with Gasteiger partial charge in [0.2, 0.25) is 0 Å². The smallest absolute Gasteiger partial charge is 0.272 e. The first-order chi connectivity index (χ1) is 12.7. The number of rotatable bonds is 4. The molecule has 0 saturated carbocycles. The lowest BCUT2D eigenvalue weighted by Gasteiger charge is -2.32. The molecule has 3 aromatic rings. The first kappa shape index (κ1) is 17.2. The minimum absolute atomic E-state index is 0.00577. The minimum atomic E-state index is 0.00577. The number of methoxy groups -OCH3 is 1. The van der Waals surface area contributed by atoms with E-state index in [1.807, 2.05) is 24.3 Å². The summed E-state index contributed by atoms with van der Waals surface area (Å²) in [6, 6.07) is 8.06. The van der Waals surface area contributed by atoms with E-state index in [4.69, 9.17) is 4.74 Å². The number of aromatic nitrogens is 3. The van der Waals surface area contributed by atoms with Gasteiger partial charge < -0.3 is 9.64 Å². The van der Waals surface area contributed by atoms with Gasteiger partial charge in [0, 0.05) is 18.2 Å². The summed E-state index contributed by atoms with van der Waals surface area (Å²) < 4.78 is 12.1. The zero-order valence-corrected chi connectivity index (χ0v) is 15.8. The van der Waals surface area contributed by atoms with Crippen molar-refractivity contribution in [1.82, 2.24) is 18.8 Å². The van der Waals surface area contributed by atoms with Crippen LogP contribution in [0.25, 0.3) is 21.5 Å². The van der Waals surface area contributed by atoms with E-state index in [1.54, 1.807) is 18.0 Å². The van der Waals surface area contributed by atoms with Gasteiger partial charge in [-0.05, 0) is 62.2 Å². The fraction of sp³-hybridized carbons (Fsp3) is 0.421. The molecule has 0 amide bonds. The largest absolute Gasteiger partial charge is 0.497 e. The van der Waals surface area contributed by atoms with Crippen LogP contribution in [0.15, 0.2) is 35.4 Å². The number of nitrogens with zero attached hydrogens (tertiary/aromatic N) is 4. The zero-order chi connectivity index (χ0) is 18.1. The standard InChI is InChI=1S/C19H22N4O2S/c1-22-10-4-3-5-14(22)11-23-12-20-17-16(21-26-18(17)19(23)24)13-6-8-15(25-2)9-7-13/h6-9,12,14H,3-5,10-11H2,1-2H3. The second-order valence-corrected chi connectivity index (χ2v) is 7.54. The Kier molecular flexibility index (Phi) is 4.74. The number of likely N-dealkylation sites (N-methyl/N-ethyl adjacent to an activating group) is 1. The third-order valence-corrected chi connectivity index (χ3v) is 5.97. The van der Waals surface area contributed by atoms with Crippen molar-refractivity contribution in [1.29, 1.82) is 0 Å². The maximum Gasteiger partial charge on any atom is 0.272 e. The number of hydrogen-bond donors (Lipinski definition) is 0. The van der Waals surface area contributed by atoms with Crippen LogP contribution < -0.4 is 10.3 Å². The van der Waals surface area contributed by atoms with Gasteiger partial charge in [-0.15, -0.1) is 0 Å². The molecule has 3 heterocycles. The summed E-state index contributed by atoms with van der Waals surface area (Å²) in [4.78, 5) is 19.8. The van der Waals surface area contributed by atoms with Crippen LogP contribution in [-0.2, 0) is 6.54 Å². The summed E-state index contributed by atoms with van der Waals surface area (Å²) >= 11 is 1.23. The number of hydrogen-bond acceptors (Lipinski definition) is 6. The summed E-state index contributed by atoms with van der Waals surface area (Å²) in [5.41, 5.74) is 2.38. The molecule has 0 spiro atoms. The van der Waals surface area contributed by atoms with E-state index in [9.17, 15) is 4.79 Å². The van der Waals surface area contributed by atoms with Crippen LogP contribution in [0, 0.1) is 0 Å². The normalized spacial score (nSPS) is 18.3. The Bertz CT molecular complexity index is 964. The fourth-order valence-corrected chi connectivity index (χ4v) is 4.33. The minimum Gasteiger partial charge on any atom is -0.497 e. The molecule has 1 aliphatic rings. The molecule has 4 rings (SSSR count). The molecule has 2 aromatic heterocycles. The number of fused-ring (bicyclic) bond motifs is 1. The van der Waals surface area contributed by atoms with Crippen LogP contribution in [0.1, 0.15) is 19.3 Å². The summed E-state index contributed by atoms with van der Waals surface area (Å²) in [6.07, 6.45) is 5.26. The Balaban J connectivity index is 1.67. The maximum atomic E-state index is 12.9. The molecule has 6 nitrogen and oxygen atoms in total. The third-order valence-electron chi connectivity index (χ3n) is 5.14. The molecule has 1 aliphatic heterocycles. The molecule has 0 aliphatic carbocycles. The molecule has 7 heteroatoms. The van der Waals surface area contributed by atoms with E-state index in [2.05, 4.69) is 21.3 Å². The summed E-state index contributed by atoms with van der Waals surface area (Å²) in [5.74, 6) is 0.792. The third kappa shape index (κ3) is 3.12. The highest BCUT2D eigenvalue weighted by Gasteiger charge is 2.21. The molecule has 136 valence electrons. The molecule has 1 unspecified atom stereocenters. The van der Waals surface area contributed by atoms with Gasteiger partial charge in [-0.3, -0.25) is 9.36 Å². The Hall–Kier alpha value is -2.25. The SMILES string of the molecule is COc1ccc(-c2nsc3c(=O)n(CC4CCCCN4C)cnc23)cc1. The van der Waals surface area contributed by atoms with Gasteiger partial charge in [-0.25, -0.2) is 4.98 Å². The van der Waals surface area contributed by atoms with Crippen molar-refractivity contribution in [2.75, 3.05) is 20.7 Å². The van der Waals surface area contributed by atoms with Crippen LogP contribution in [0.2, 0.25) is 0 Å². The van der Waals surface area contributed by atoms with Crippen LogP contribution in [0.4, 0.5) is 0 Å². The molecule has 0 bridgehead atoms. The second-order valence-electron chi connectivity index (χ2n) is 6.77. The molecular formula is C19H22N4O2S. The Morgan fingerprint density at radius 2 is 2.08 bits per heavy atom. The molecule has 0 N–H and O–H groups in total. The zero-order valence-electron chi connectivity index (χ0n) is 15.0. The van der Waals surface area contributed by atoms with Crippen LogP contribution in [-0.4, -0.2) is 45.6 Å². The lowest BCUT2D eigenvalue weighted by Crippen LogP contribution is -2.41. The van der Waals surface area contributed by atoms with Crippen LogP contribution in [0.3, 0.4) is 0 Å². The van der Waals surface area contributed by atoms with E-state index in [0.29, 0.717) is 22.8 Å². The van der Waals surface area contributed by atoms with Crippen LogP contribution >= 0.6 is 11.5 Å². The molecule has 1 aromatic carbocycles. The summed E-state index contributed by atoms with van der Waals surface area (Å²) in [6.45, 7) is 1.78. The van der Waals surface area contributed by atoms with E-state index in [-0.39, 0.29) is 5.56 Å². The summed E-state index contributed by atoms with van der Waals surface area (Å²) in [7, 11) is 3.77. The van der Waals surface area contributed by atoms with Gasteiger partial charge in [-0.2, -0.15) is 4.37 Å². The molecule has 1 fully saturated rings. The summed E-state index contributed by atoms with van der Waals surface area (Å²) in [5, 5.41) is 0. The molecule has 26 heavy (non-hydrogen) atoms. The van der Waals surface area contributed by atoms with Crippen molar-refractivity contribution in [2.45, 2.75) is 31.8 Å². The highest BCUT2D eigenvalue weighted by Crippen LogP contribution is 2.28. The lowest BCUT2D eigenvalue weighted by molar-refractivity contribution is 0.166. The van der Waals surface area contributed by atoms with E-state index in [1.165, 1.54) is 24.4 Å². The van der Waals surface area contributed by atoms with Gasteiger partial charge >= 0.3 is 0 Å². The van der Waals surface area contributed by atoms with Crippen molar-refractivity contribution in [2.24, 2.45) is 0 Å². The van der Waals surface area contributed by atoms with E-state index < -0.39 is 0 Å². The number of benzene rings is 1. The predicted octanol–water partition coefficient (Wildman–Crippen LogP) is 3.01. The Morgan fingerprint density at radius 3 is 2.81 bits per heavy atom. The molecular weight excluding hydrogens is 348 g/mol.